The molecule has 0 aromatic rings. The highest BCUT2D eigenvalue weighted by atomic mass is 16.6. The number of amides is 1. The van der Waals surface area contributed by atoms with Crippen LogP contribution in [0.4, 0.5) is 4.79 Å². The van der Waals surface area contributed by atoms with Crippen molar-refractivity contribution in [2.24, 2.45) is 5.92 Å². The summed E-state index contributed by atoms with van der Waals surface area (Å²) in [5.41, 5.74) is -0.473. The molecule has 0 spiro atoms. The molecule has 1 aliphatic carbocycles. The second-order valence-corrected chi connectivity index (χ2v) is 7.12. The van der Waals surface area contributed by atoms with Crippen LogP contribution >= 0.6 is 0 Å². The van der Waals surface area contributed by atoms with Gasteiger partial charge in [0.2, 0.25) is 0 Å². The number of carbonyl (C=O) groups excluding carboxylic acids is 2. The minimum absolute atomic E-state index is 0.0537. The van der Waals surface area contributed by atoms with Gasteiger partial charge in [0.15, 0.2) is 0 Å². The molecule has 4 nitrogen and oxygen atoms in total. The van der Waals surface area contributed by atoms with Gasteiger partial charge in [-0.05, 0) is 46.5 Å². The molecule has 1 saturated heterocycles. The fraction of sp³-hybridized carbons (Fsp3) is 0.875. The van der Waals surface area contributed by atoms with Crippen LogP contribution in [0.25, 0.3) is 0 Å². The lowest BCUT2D eigenvalue weighted by atomic mass is 9.96. The van der Waals surface area contributed by atoms with Crippen molar-refractivity contribution in [1.82, 2.24) is 4.90 Å². The number of nitrogens with zero attached hydrogens (tertiary/aromatic N) is 1. The number of ether oxygens (including phenoxy) is 1. The van der Waals surface area contributed by atoms with E-state index in [2.05, 4.69) is 0 Å². The summed E-state index contributed by atoms with van der Waals surface area (Å²) in [5, 5.41) is 0. The average Bonchev–Trinajstić information content (AvgIpc) is 2.96. The van der Waals surface area contributed by atoms with E-state index >= 15 is 0 Å². The zero-order valence-corrected chi connectivity index (χ0v) is 13.0. The highest BCUT2D eigenvalue weighted by molar-refractivity contribution is 5.82. The molecule has 0 aromatic heterocycles. The third-order valence-corrected chi connectivity index (χ3v) is 4.25. The van der Waals surface area contributed by atoms with Gasteiger partial charge in [-0.25, -0.2) is 4.79 Å². The Labute approximate surface area is 121 Å². The Morgan fingerprint density at radius 2 is 1.75 bits per heavy atom. The summed E-state index contributed by atoms with van der Waals surface area (Å²) < 4.78 is 5.43. The number of hydrogen-bond acceptors (Lipinski definition) is 3. The number of hydrogen-bond donors (Lipinski definition) is 0. The highest BCUT2D eigenvalue weighted by Crippen LogP contribution is 2.30. The molecule has 1 unspecified atom stereocenters. The minimum Gasteiger partial charge on any atom is -0.444 e. The largest absolute Gasteiger partial charge is 0.444 e. The van der Waals surface area contributed by atoms with E-state index in [1.807, 2.05) is 20.8 Å². The lowest BCUT2D eigenvalue weighted by molar-refractivity contribution is -0.123. The van der Waals surface area contributed by atoms with Gasteiger partial charge in [-0.2, -0.15) is 0 Å². The fourth-order valence-electron chi connectivity index (χ4n) is 3.26. The van der Waals surface area contributed by atoms with E-state index in [0.717, 1.165) is 32.2 Å². The summed E-state index contributed by atoms with van der Waals surface area (Å²) in [6.45, 7) is 6.34. The third kappa shape index (κ3) is 3.97. The zero-order valence-electron chi connectivity index (χ0n) is 13.0. The average molecular weight is 281 g/mol. The molecular formula is C16H27NO3. The second kappa shape index (κ2) is 6.15. The minimum atomic E-state index is -0.473. The number of rotatable bonds is 3. The first-order chi connectivity index (χ1) is 9.37. The van der Waals surface area contributed by atoms with Gasteiger partial charge in [0.25, 0.3) is 0 Å². The van der Waals surface area contributed by atoms with Gasteiger partial charge in [-0.1, -0.05) is 12.8 Å². The predicted molar refractivity (Wildman–Crippen MR) is 77.5 cm³/mol. The van der Waals surface area contributed by atoms with Crippen LogP contribution in [-0.4, -0.2) is 35.0 Å². The SMILES string of the molecule is CC(C)(C)OC(=O)N1CCCC1CC(=O)C1CCCC1. The topological polar surface area (TPSA) is 46.6 Å². The van der Waals surface area contributed by atoms with Gasteiger partial charge >= 0.3 is 6.09 Å². The summed E-state index contributed by atoms with van der Waals surface area (Å²) in [4.78, 5) is 26.2. The zero-order chi connectivity index (χ0) is 14.8. The molecule has 1 saturated carbocycles. The van der Waals surface area contributed by atoms with E-state index in [1.165, 1.54) is 12.8 Å². The van der Waals surface area contributed by atoms with Crippen LogP contribution in [0, 0.1) is 5.92 Å². The molecule has 1 atom stereocenters. The summed E-state index contributed by atoms with van der Waals surface area (Å²) in [6.07, 6.45) is 6.59. The molecule has 1 aliphatic heterocycles. The van der Waals surface area contributed by atoms with Crippen molar-refractivity contribution >= 4 is 11.9 Å². The van der Waals surface area contributed by atoms with E-state index in [-0.39, 0.29) is 18.1 Å². The van der Waals surface area contributed by atoms with E-state index < -0.39 is 5.60 Å². The maximum Gasteiger partial charge on any atom is 0.410 e. The molecule has 2 aliphatic rings. The summed E-state index contributed by atoms with van der Waals surface area (Å²) in [5.74, 6) is 0.596. The van der Waals surface area contributed by atoms with Crippen LogP contribution in [-0.2, 0) is 9.53 Å². The van der Waals surface area contributed by atoms with Crippen molar-refractivity contribution in [3.63, 3.8) is 0 Å². The molecule has 20 heavy (non-hydrogen) atoms. The maximum absolute atomic E-state index is 12.3. The van der Waals surface area contributed by atoms with Crippen molar-refractivity contribution in [2.45, 2.75) is 77.4 Å². The molecule has 0 N–H and O–H groups in total. The number of Topliss-reactive ketones (excluding diaryl/α,β-unsaturated/α-hetero) is 1. The quantitative estimate of drug-likeness (QED) is 0.795. The Bertz CT molecular complexity index is 366. The van der Waals surface area contributed by atoms with Crippen molar-refractivity contribution in [2.75, 3.05) is 6.54 Å². The van der Waals surface area contributed by atoms with E-state index in [4.69, 9.17) is 4.74 Å². The van der Waals surface area contributed by atoms with Crippen LogP contribution in [0.5, 0.6) is 0 Å². The number of ketones is 1. The Kier molecular flexibility index (Phi) is 4.71. The Morgan fingerprint density at radius 3 is 2.35 bits per heavy atom. The molecule has 1 heterocycles. The van der Waals surface area contributed by atoms with Crippen LogP contribution in [0.15, 0.2) is 0 Å². The first-order valence-corrected chi connectivity index (χ1v) is 7.89. The van der Waals surface area contributed by atoms with E-state index in [1.54, 1.807) is 4.90 Å². The van der Waals surface area contributed by atoms with Crippen LogP contribution in [0.2, 0.25) is 0 Å². The highest BCUT2D eigenvalue weighted by Gasteiger charge is 2.35. The molecule has 2 rings (SSSR count). The van der Waals surface area contributed by atoms with Gasteiger partial charge in [0, 0.05) is 24.9 Å². The molecule has 0 bridgehead atoms. The molecular weight excluding hydrogens is 254 g/mol. The van der Waals surface area contributed by atoms with Gasteiger partial charge in [0.05, 0.1) is 0 Å². The van der Waals surface area contributed by atoms with E-state index in [0.29, 0.717) is 12.2 Å². The summed E-state index contributed by atoms with van der Waals surface area (Å²) in [6, 6.07) is 0.0537. The Morgan fingerprint density at radius 1 is 1.10 bits per heavy atom. The third-order valence-electron chi connectivity index (χ3n) is 4.25. The first kappa shape index (κ1) is 15.3. The maximum atomic E-state index is 12.3. The van der Waals surface area contributed by atoms with Crippen molar-refractivity contribution in [3.05, 3.63) is 0 Å². The van der Waals surface area contributed by atoms with Crippen molar-refractivity contribution in [1.29, 1.82) is 0 Å². The molecule has 2 fully saturated rings. The molecule has 114 valence electrons. The lowest BCUT2D eigenvalue weighted by Gasteiger charge is -2.28. The van der Waals surface area contributed by atoms with Gasteiger partial charge in [-0.3, -0.25) is 4.79 Å². The monoisotopic (exact) mass is 281 g/mol. The van der Waals surface area contributed by atoms with Crippen molar-refractivity contribution in [3.8, 4) is 0 Å². The molecule has 0 aromatic carbocycles. The second-order valence-electron chi connectivity index (χ2n) is 7.12. The van der Waals surface area contributed by atoms with Crippen molar-refractivity contribution < 1.29 is 14.3 Å². The number of likely N-dealkylation sites (tertiary alicyclic amines) is 1. The molecule has 4 heteroatoms. The summed E-state index contributed by atoms with van der Waals surface area (Å²) >= 11 is 0. The van der Waals surface area contributed by atoms with Gasteiger partial charge < -0.3 is 9.64 Å². The van der Waals surface area contributed by atoms with Gasteiger partial charge in [-0.15, -0.1) is 0 Å². The smallest absolute Gasteiger partial charge is 0.410 e. The van der Waals surface area contributed by atoms with Gasteiger partial charge in [0.1, 0.15) is 11.4 Å². The van der Waals surface area contributed by atoms with Crippen LogP contribution < -0.4 is 0 Å². The molecule has 0 radical (unpaired) electrons. The van der Waals surface area contributed by atoms with Crippen LogP contribution in [0.3, 0.4) is 0 Å². The number of carbonyl (C=O) groups is 2. The summed E-state index contributed by atoms with van der Waals surface area (Å²) in [7, 11) is 0. The lowest BCUT2D eigenvalue weighted by Crippen LogP contribution is -2.41. The fourth-order valence-corrected chi connectivity index (χ4v) is 3.26. The van der Waals surface area contributed by atoms with Crippen LogP contribution in [0.1, 0.15) is 65.7 Å². The Balaban J connectivity index is 1.90. The Hall–Kier alpha value is -1.06. The first-order valence-electron chi connectivity index (χ1n) is 7.89. The standard InChI is InChI=1S/C16H27NO3/c1-16(2,3)20-15(19)17-10-6-9-13(17)11-14(18)12-7-4-5-8-12/h12-13H,4-11H2,1-3H3. The normalized spacial score (nSPS) is 24.1. The molecule has 1 amide bonds. The van der Waals surface area contributed by atoms with E-state index in [9.17, 15) is 9.59 Å². The predicted octanol–water partition coefficient (Wildman–Crippen LogP) is 3.54.